The van der Waals surface area contributed by atoms with Gasteiger partial charge in [0.25, 0.3) is 0 Å². The molecule has 168 valence electrons. The summed E-state index contributed by atoms with van der Waals surface area (Å²) in [5.41, 5.74) is 0. The highest BCUT2D eigenvalue weighted by atomic mass is 16.1. The summed E-state index contributed by atoms with van der Waals surface area (Å²) < 4.78 is 0. The van der Waals surface area contributed by atoms with Gasteiger partial charge in [0, 0.05) is 13.0 Å². The van der Waals surface area contributed by atoms with Gasteiger partial charge < -0.3 is 5.32 Å². The van der Waals surface area contributed by atoms with Crippen molar-refractivity contribution in [2.45, 2.75) is 155 Å². The monoisotopic (exact) mass is 395 g/mol. The van der Waals surface area contributed by atoms with Crippen molar-refractivity contribution in [3.05, 3.63) is 0 Å². The number of carbonyl (C=O) groups excluding carboxylic acids is 1. The first-order chi connectivity index (χ1) is 13.8. The molecular formula is C26H53NO. The van der Waals surface area contributed by atoms with Crippen molar-refractivity contribution in [2.75, 3.05) is 6.54 Å². The average Bonchev–Trinajstić information content (AvgIpc) is 2.70. The summed E-state index contributed by atoms with van der Waals surface area (Å²) in [6.45, 7) is 5.41. The average molecular weight is 396 g/mol. The topological polar surface area (TPSA) is 29.1 Å². The van der Waals surface area contributed by atoms with Crippen LogP contribution in [0.1, 0.15) is 155 Å². The van der Waals surface area contributed by atoms with E-state index >= 15 is 0 Å². The van der Waals surface area contributed by atoms with Gasteiger partial charge in [-0.05, 0) is 12.8 Å². The van der Waals surface area contributed by atoms with Gasteiger partial charge in [-0.25, -0.2) is 0 Å². The third-order valence-corrected chi connectivity index (χ3v) is 5.86. The van der Waals surface area contributed by atoms with Crippen molar-refractivity contribution >= 4 is 5.91 Å². The van der Waals surface area contributed by atoms with E-state index in [0.29, 0.717) is 0 Å². The zero-order chi connectivity index (χ0) is 20.5. The van der Waals surface area contributed by atoms with Gasteiger partial charge in [-0.2, -0.15) is 0 Å². The molecule has 0 aliphatic heterocycles. The Balaban J connectivity index is 3.11. The van der Waals surface area contributed by atoms with E-state index in [9.17, 15) is 4.79 Å². The minimum absolute atomic E-state index is 0.267. The van der Waals surface area contributed by atoms with Gasteiger partial charge in [0.15, 0.2) is 0 Å². The lowest BCUT2D eigenvalue weighted by atomic mass is 10.0. The van der Waals surface area contributed by atoms with Crippen LogP contribution in [0, 0.1) is 0 Å². The molecular weight excluding hydrogens is 342 g/mol. The van der Waals surface area contributed by atoms with E-state index in [1.165, 1.54) is 122 Å². The van der Waals surface area contributed by atoms with E-state index in [1.807, 2.05) is 0 Å². The number of unbranched alkanes of at least 4 members (excludes halogenated alkanes) is 19. The number of nitrogens with one attached hydrogen (secondary N) is 1. The second-order valence-corrected chi connectivity index (χ2v) is 8.82. The molecule has 2 nitrogen and oxygen atoms in total. The molecule has 0 fully saturated rings. The first kappa shape index (κ1) is 27.5. The Morgan fingerprint density at radius 1 is 0.464 bits per heavy atom. The quantitative estimate of drug-likeness (QED) is 0.172. The predicted molar refractivity (Wildman–Crippen MR) is 126 cm³/mol. The predicted octanol–water partition coefficient (Wildman–Crippen LogP) is 8.72. The molecule has 1 amide bonds. The van der Waals surface area contributed by atoms with Crippen molar-refractivity contribution in [2.24, 2.45) is 0 Å². The highest BCUT2D eigenvalue weighted by molar-refractivity contribution is 5.75. The standard InChI is InChI=1S/C26H53NO/c1-3-5-7-9-11-12-13-14-15-16-17-18-19-20-22-24-26(28)27-25-23-21-10-8-6-4-2/h3-25H2,1-2H3,(H,27,28). The summed E-state index contributed by atoms with van der Waals surface area (Å²) in [5.74, 6) is 0.267. The van der Waals surface area contributed by atoms with Crippen LogP contribution in [0.2, 0.25) is 0 Å². The van der Waals surface area contributed by atoms with Crippen molar-refractivity contribution < 1.29 is 4.79 Å². The number of hydrogen-bond acceptors (Lipinski definition) is 1. The fourth-order valence-electron chi connectivity index (χ4n) is 3.88. The SMILES string of the molecule is CCCCCCCCCCCCCCCCCC(=O)NCCCCCCCC. The minimum atomic E-state index is 0.267. The number of carbonyl (C=O) groups is 1. The number of amides is 1. The Bertz CT molecular complexity index is 303. The summed E-state index contributed by atoms with van der Waals surface area (Å²) in [7, 11) is 0. The molecule has 0 aliphatic rings. The molecule has 0 aliphatic carbocycles. The van der Waals surface area contributed by atoms with Crippen LogP contribution < -0.4 is 5.32 Å². The first-order valence-electron chi connectivity index (χ1n) is 13.1. The fraction of sp³-hybridized carbons (Fsp3) is 0.962. The first-order valence-corrected chi connectivity index (χ1v) is 13.1. The lowest BCUT2D eigenvalue weighted by molar-refractivity contribution is -0.121. The molecule has 0 heterocycles. The molecule has 0 atom stereocenters. The lowest BCUT2D eigenvalue weighted by Crippen LogP contribution is -2.23. The second-order valence-electron chi connectivity index (χ2n) is 8.82. The van der Waals surface area contributed by atoms with E-state index in [0.717, 1.165) is 25.8 Å². The normalized spacial score (nSPS) is 11.1. The molecule has 0 rings (SSSR count). The van der Waals surface area contributed by atoms with Crippen LogP contribution in [0.5, 0.6) is 0 Å². The van der Waals surface area contributed by atoms with E-state index in [4.69, 9.17) is 0 Å². The maximum atomic E-state index is 11.8. The Kier molecular flexibility index (Phi) is 24.0. The van der Waals surface area contributed by atoms with E-state index in [2.05, 4.69) is 19.2 Å². The lowest BCUT2D eigenvalue weighted by Gasteiger charge is -2.06. The second kappa shape index (κ2) is 24.5. The van der Waals surface area contributed by atoms with Crippen molar-refractivity contribution in [3.8, 4) is 0 Å². The molecule has 0 aromatic heterocycles. The summed E-state index contributed by atoms with van der Waals surface area (Å²) in [4.78, 5) is 11.8. The highest BCUT2D eigenvalue weighted by Crippen LogP contribution is 2.13. The molecule has 1 N–H and O–H groups in total. The molecule has 28 heavy (non-hydrogen) atoms. The Labute approximate surface area is 178 Å². The largest absolute Gasteiger partial charge is 0.356 e. The highest BCUT2D eigenvalue weighted by Gasteiger charge is 2.00. The van der Waals surface area contributed by atoms with Crippen molar-refractivity contribution in [1.29, 1.82) is 0 Å². The van der Waals surface area contributed by atoms with E-state index in [-0.39, 0.29) is 5.91 Å². The third kappa shape index (κ3) is 23.5. The summed E-state index contributed by atoms with van der Waals surface area (Å²) in [6, 6.07) is 0. The molecule has 0 aromatic rings. The fourth-order valence-corrected chi connectivity index (χ4v) is 3.88. The van der Waals surface area contributed by atoms with Gasteiger partial charge in [-0.1, -0.05) is 136 Å². The van der Waals surface area contributed by atoms with E-state index in [1.54, 1.807) is 0 Å². The van der Waals surface area contributed by atoms with Crippen molar-refractivity contribution in [1.82, 2.24) is 5.32 Å². The third-order valence-electron chi connectivity index (χ3n) is 5.86. The van der Waals surface area contributed by atoms with E-state index < -0.39 is 0 Å². The van der Waals surface area contributed by atoms with Gasteiger partial charge in [-0.3, -0.25) is 4.79 Å². The van der Waals surface area contributed by atoms with Gasteiger partial charge in [-0.15, -0.1) is 0 Å². The van der Waals surface area contributed by atoms with Gasteiger partial charge >= 0.3 is 0 Å². The Morgan fingerprint density at radius 2 is 0.786 bits per heavy atom. The number of hydrogen-bond donors (Lipinski definition) is 1. The smallest absolute Gasteiger partial charge is 0.219 e. The maximum absolute atomic E-state index is 11.8. The summed E-state index contributed by atoms with van der Waals surface area (Å²) in [5, 5.41) is 3.08. The Hall–Kier alpha value is -0.530. The summed E-state index contributed by atoms with van der Waals surface area (Å²) in [6.07, 6.45) is 29.1. The maximum Gasteiger partial charge on any atom is 0.219 e. The Morgan fingerprint density at radius 3 is 1.18 bits per heavy atom. The summed E-state index contributed by atoms with van der Waals surface area (Å²) >= 11 is 0. The zero-order valence-electron chi connectivity index (χ0n) is 19.7. The molecule has 0 spiro atoms. The molecule has 0 aromatic carbocycles. The zero-order valence-corrected chi connectivity index (χ0v) is 19.7. The molecule has 0 bridgehead atoms. The number of rotatable bonds is 23. The van der Waals surface area contributed by atoms with Crippen LogP contribution in [0.25, 0.3) is 0 Å². The molecule has 0 saturated carbocycles. The molecule has 0 unspecified atom stereocenters. The van der Waals surface area contributed by atoms with Crippen molar-refractivity contribution in [3.63, 3.8) is 0 Å². The van der Waals surface area contributed by atoms with Crippen LogP contribution in [-0.4, -0.2) is 12.5 Å². The van der Waals surface area contributed by atoms with Crippen LogP contribution in [0.3, 0.4) is 0 Å². The molecule has 0 saturated heterocycles. The molecule has 2 heteroatoms. The minimum Gasteiger partial charge on any atom is -0.356 e. The van der Waals surface area contributed by atoms with Crippen LogP contribution in [-0.2, 0) is 4.79 Å². The van der Waals surface area contributed by atoms with Gasteiger partial charge in [0.1, 0.15) is 0 Å². The van der Waals surface area contributed by atoms with Gasteiger partial charge in [0.2, 0.25) is 5.91 Å². The van der Waals surface area contributed by atoms with Crippen LogP contribution >= 0.6 is 0 Å². The molecule has 0 radical (unpaired) electrons. The van der Waals surface area contributed by atoms with Crippen LogP contribution in [0.4, 0.5) is 0 Å². The van der Waals surface area contributed by atoms with Crippen LogP contribution in [0.15, 0.2) is 0 Å². The van der Waals surface area contributed by atoms with Gasteiger partial charge in [0.05, 0.1) is 0 Å².